The summed E-state index contributed by atoms with van der Waals surface area (Å²) in [4.78, 5) is 23.9. The first-order valence-electron chi connectivity index (χ1n) is 7.85. The van der Waals surface area contributed by atoms with E-state index in [0.29, 0.717) is 41.0 Å². The third-order valence-corrected chi connectivity index (χ3v) is 3.82. The first kappa shape index (κ1) is 17.1. The third kappa shape index (κ3) is 4.64. The van der Waals surface area contributed by atoms with Gasteiger partial charge in [0.25, 0.3) is 5.91 Å². The molecule has 0 saturated carbocycles. The molecule has 0 bridgehead atoms. The lowest BCUT2D eigenvalue weighted by atomic mass is 10.2. The predicted octanol–water partition coefficient (Wildman–Crippen LogP) is 2.87. The van der Waals surface area contributed by atoms with Gasteiger partial charge in [-0.3, -0.25) is 9.59 Å². The number of halogens is 1. The number of hydrogen-bond acceptors (Lipinski definition) is 4. The summed E-state index contributed by atoms with van der Waals surface area (Å²) in [5.74, 6) is 0.830. The average Bonchev–Trinajstić information content (AvgIpc) is 2.62. The summed E-state index contributed by atoms with van der Waals surface area (Å²) in [5.41, 5.74) is 1.12. The van der Waals surface area contributed by atoms with Crippen LogP contribution in [0.4, 0.5) is 5.69 Å². The van der Waals surface area contributed by atoms with E-state index in [1.807, 2.05) is 0 Å². The third-order valence-electron chi connectivity index (χ3n) is 3.57. The van der Waals surface area contributed by atoms with Crippen LogP contribution in [0, 0.1) is 0 Å². The van der Waals surface area contributed by atoms with Crippen molar-refractivity contribution in [3.8, 4) is 11.5 Å². The van der Waals surface area contributed by atoms with Crippen LogP contribution in [-0.4, -0.2) is 31.6 Å². The number of amides is 2. The van der Waals surface area contributed by atoms with E-state index in [1.165, 1.54) is 0 Å². The molecule has 2 aromatic carbocycles. The molecule has 6 nitrogen and oxygen atoms in total. The lowest BCUT2D eigenvalue weighted by Gasteiger charge is -2.19. The van der Waals surface area contributed by atoms with Gasteiger partial charge in [-0.05, 0) is 36.4 Å². The molecule has 0 fully saturated rings. The molecule has 0 atom stereocenters. The molecule has 1 aliphatic rings. The highest BCUT2D eigenvalue weighted by Gasteiger charge is 2.13. The fraction of sp³-hybridized carbons (Fsp3) is 0.222. The predicted molar refractivity (Wildman–Crippen MR) is 94.5 cm³/mol. The van der Waals surface area contributed by atoms with Gasteiger partial charge >= 0.3 is 0 Å². The van der Waals surface area contributed by atoms with Crippen LogP contribution in [0.2, 0.25) is 5.02 Å². The fourth-order valence-electron chi connectivity index (χ4n) is 2.34. The molecule has 7 heteroatoms. The second-order valence-electron chi connectivity index (χ2n) is 5.42. The van der Waals surface area contributed by atoms with Crippen molar-refractivity contribution in [1.82, 2.24) is 5.32 Å². The fourth-order valence-corrected chi connectivity index (χ4v) is 2.46. The number of hydrogen-bond donors (Lipinski definition) is 2. The summed E-state index contributed by atoms with van der Waals surface area (Å²) in [6, 6.07) is 11.8. The molecule has 1 aliphatic heterocycles. The highest BCUT2D eigenvalue weighted by molar-refractivity contribution is 6.30. The van der Waals surface area contributed by atoms with Crippen molar-refractivity contribution in [1.29, 1.82) is 0 Å². The highest BCUT2D eigenvalue weighted by Crippen LogP contribution is 2.32. The summed E-state index contributed by atoms with van der Waals surface area (Å²) < 4.78 is 10.9. The van der Waals surface area contributed by atoms with Crippen molar-refractivity contribution in [3.05, 3.63) is 53.1 Å². The zero-order chi connectivity index (χ0) is 17.6. The molecule has 0 radical (unpaired) electrons. The molecule has 0 spiro atoms. The standard InChI is InChI=1S/C18H17ClN2O4/c19-13-3-1-12(2-4-13)18(23)20-8-7-17(22)21-14-5-6-15-16(11-14)25-10-9-24-15/h1-6,11H,7-10H2,(H,20,23)(H,21,22). The van der Waals surface area contributed by atoms with Crippen molar-refractivity contribution in [2.75, 3.05) is 25.1 Å². The number of ether oxygens (including phenoxy) is 2. The van der Waals surface area contributed by atoms with E-state index in [-0.39, 0.29) is 24.8 Å². The SMILES string of the molecule is O=C(CCNC(=O)c1ccc(Cl)cc1)Nc1ccc2c(c1)OCCO2. The van der Waals surface area contributed by atoms with Crippen LogP contribution >= 0.6 is 11.6 Å². The number of benzene rings is 2. The van der Waals surface area contributed by atoms with Crippen molar-refractivity contribution < 1.29 is 19.1 Å². The highest BCUT2D eigenvalue weighted by atomic mass is 35.5. The minimum Gasteiger partial charge on any atom is -0.486 e. The van der Waals surface area contributed by atoms with E-state index < -0.39 is 0 Å². The van der Waals surface area contributed by atoms with Gasteiger partial charge in [0.1, 0.15) is 13.2 Å². The van der Waals surface area contributed by atoms with Gasteiger partial charge in [0.05, 0.1) is 0 Å². The molecule has 0 saturated heterocycles. The van der Waals surface area contributed by atoms with E-state index in [9.17, 15) is 9.59 Å². The van der Waals surface area contributed by atoms with Crippen LogP contribution in [0.3, 0.4) is 0 Å². The normalized spacial score (nSPS) is 12.4. The molecule has 1 heterocycles. The Morgan fingerprint density at radius 2 is 1.72 bits per heavy atom. The number of carbonyl (C=O) groups is 2. The van der Waals surface area contributed by atoms with Crippen LogP contribution in [0.25, 0.3) is 0 Å². The van der Waals surface area contributed by atoms with Gasteiger partial charge in [0.15, 0.2) is 11.5 Å². The van der Waals surface area contributed by atoms with Gasteiger partial charge in [-0.2, -0.15) is 0 Å². The molecule has 0 aliphatic carbocycles. The molecule has 2 aromatic rings. The van der Waals surface area contributed by atoms with Crippen molar-refractivity contribution in [2.24, 2.45) is 0 Å². The quantitative estimate of drug-likeness (QED) is 0.859. The molecular weight excluding hydrogens is 344 g/mol. The summed E-state index contributed by atoms with van der Waals surface area (Å²) in [6.07, 6.45) is 0.160. The van der Waals surface area contributed by atoms with Crippen LogP contribution in [0.5, 0.6) is 11.5 Å². The molecule has 0 aromatic heterocycles. The number of rotatable bonds is 5. The smallest absolute Gasteiger partial charge is 0.251 e. The van der Waals surface area contributed by atoms with E-state index in [4.69, 9.17) is 21.1 Å². The number of nitrogens with one attached hydrogen (secondary N) is 2. The maximum absolute atomic E-state index is 12.0. The van der Waals surface area contributed by atoms with Crippen LogP contribution in [0.1, 0.15) is 16.8 Å². The topological polar surface area (TPSA) is 76.7 Å². The van der Waals surface area contributed by atoms with Gasteiger partial charge in [0, 0.05) is 35.3 Å². The molecular formula is C18H17ClN2O4. The van der Waals surface area contributed by atoms with E-state index >= 15 is 0 Å². The number of anilines is 1. The average molecular weight is 361 g/mol. The van der Waals surface area contributed by atoms with E-state index in [2.05, 4.69) is 10.6 Å². The minimum absolute atomic E-state index is 0.160. The number of fused-ring (bicyclic) bond motifs is 1. The first-order chi connectivity index (χ1) is 12.1. The van der Waals surface area contributed by atoms with Gasteiger partial charge in [0.2, 0.25) is 5.91 Å². The van der Waals surface area contributed by atoms with Crippen LogP contribution < -0.4 is 20.1 Å². The Kier molecular flexibility index (Phi) is 5.40. The molecule has 0 unspecified atom stereocenters. The molecule has 2 N–H and O–H groups in total. The number of carbonyl (C=O) groups excluding carboxylic acids is 2. The van der Waals surface area contributed by atoms with Crippen LogP contribution in [0.15, 0.2) is 42.5 Å². The Bertz CT molecular complexity index is 777. The Hall–Kier alpha value is -2.73. The minimum atomic E-state index is -0.246. The molecule has 3 rings (SSSR count). The summed E-state index contributed by atoms with van der Waals surface area (Å²) >= 11 is 5.78. The molecule has 2 amide bonds. The Labute approximate surface area is 150 Å². The summed E-state index contributed by atoms with van der Waals surface area (Å²) in [7, 11) is 0. The maximum Gasteiger partial charge on any atom is 0.251 e. The zero-order valence-corrected chi connectivity index (χ0v) is 14.1. The Balaban J connectivity index is 1.46. The summed E-state index contributed by atoms with van der Waals surface area (Å²) in [5, 5.41) is 6.03. The maximum atomic E-state index is 12.0. The van der Waals surface area contributed by atoms with Crippen molar-refractivity contribution in [2.45, 2.75) is 6.42 Å². The Morgan fingerprint density at radius 3 is 2.48 bits per heavy atom. The zero-order valence-electron chi connectivity index (χ0n) is 13.4. The van der Waals surface area contributed by atoms with Gasteiger partial charge < -0.3 is 20.1 Å². The molecule has 130 valence electrons. The van der Waals surface area contributed by atoms with E-state index in [1.54, 1.807) is 42.5 Å². The lowest BCUT2D eigenvalue weighted by molar-refractivity contribution is -0.116. The van der Waals surface area contributed by atoms with E-state index in [0.717, 1.165) is 0 Å². The second-order valence-corrected chi connectivity index (χ2v) is 5.86. The van der Waals surface area contributed by atoms with Gasteiger partial charge in [-0.1, -0.05) is 11.6 Å². The van der Waals surface area contributed by atoms with Gasteiger partial charge in [-0.15, -0.1) is 0 Å². The lowest BCUT2D eigenvalue weighted by Crippen LogP contribution is -2.27. The van der Waals surface area contributed by atoms with Gasteiger partial charge in [-0.25, -0.2) is 0 Å². The van der Waals surface area contributed by atoms with Crippen molar-refractivity contribution >= 4 is 29.1 Å². The molecule has 25 heavy (non-hydrogen) atoms. The first-order valence-corrected chi connectivity index (χ1v) is 8.23. The summed E-state index contributed by atoms with van der Waals surface area (Å²) in [6.45, 7) is 1.24. The van der Waals surface area contributed by atoms with Crippen LogP contribution in [-0.2, 0) is 4.79 Å². The largest absolute Gasteiger partial charge is 0.486 e. The monoisotopic (exact) mass is 360 g/mol. The second kappa shape index (κ2) is 7.90. The van der Waals surface area contributed by atoms with Crippen molar-refractivity contribution in [3.63, 3.8) is 0 Å². The Morgan fingerprint density at radius 1 is 1.00 bits per heavy atom.